The Balaban J connectivity index is 1.58. The van der Waals surface area contributed by atoms with E-state index in [4.69, 9.17) is 0 Å². The fourth-order valence-electron chi connectivity index (χ4n) is 2.91. The summed E-state index contributed by atoms with van der Waals surface area (Å²) < 4.78 is 0.858. The lowest BCUT2D eigenvalue weighted by molar-refractivity contribution is -0.384. The van der Waals surface area contributed by atoms with E-state index in [9.17, 15) is 10.1 Å². The van der Waals surface area contributed by atoms with Crippen molar-refractivity contribution in [2.75, 3.05) is 18.0 Å². The molecular weight excluding hydrogens is 322 g/mol. The van der Waals surface area contributed by atoms with E-state index < -0.39 is 0 Å². The molecule has 1 aromatic heterocycles. The van der Waals surface area contributed by atoms with E-state index in [0.717, 1.165) is 34.9 Å². The topological polar surface area (TPSA) is 59.3 Å². The van der Waals surface area contributed by atoms with Gasteiger partial charge in [-0.1, -0.05) is 47.7 Å². The van der Waals surface area contributed by atoms with Gasteiger partial charge in [-0.15, -0.1) is 0 Å². The highest BCUT2D eigenvalue weighted by Crippen LogP contribution is 2.33. The van der Waals surface area contributed by atoms with Crippen LogP contribution in [0.3, 0.4) is 0 Å². The minimum Gasteiger partial charge on any atom is -0.344 e. The molecule has 0 fully saturated rings. The largest absolute Gasteiger partial charge is 0.344 e. The zero-order chi connectivity index (χ0) is 16.5. The number of anilines is 1. The van der Waals surface area contributed by atoms with Gasteiger partial charge in [0.1, 0.15) is 0 Å². The molecule has 1 aliphatic rings. The molecule has 1 aliphatic heterocycles. The average Bonchev–Trinajstić information content (AvgIpc) is 3.06. The molecule has 0 saturated heterocycles. The summed E-state index contributed by atoms with van der Waals surface area (Å²) in [4.78, 5) is 17.4. The van der Waals surface area contributed by atoms with E-state index in [2.05, 4.69) is 40.2 Å². The van der Waals surface area contributed by atoms with Gasteiger partial charge in [0, 0.05) is 25.2 Å². The molecule has 0 aliphatic carbocycles. The summed E-state index contributed by atoms with van der Waals surface area (Å²) in [5.74, 6) is 0. The maximum atomic E-state index is 10.9. The van der Waals surface area contributed by atoms with Crippen LogP contribution >= 0.6 is 11.3 Å². The van der Waals surface area contributed by atoms with Crippen LogP contribution in [0.15, 0.2) is 54.6 Å². The highest BCUT2D eigenvalue weighted by Gasteiger charge is 2.17. The third kappa shape index (κ3) is 2.76. The fraction of sp³-hybridized carbons (Fsp3) is 0.167. The minimum atomic E-state index is -0.366. The number of rotatable bonds is 3. The van der Waals surface area contributed by atoms with E-state index >= 15 is 0 Å². The van der Waals surface area contributed by atoms with Crippen LogP contribution in [-0.2, 0) is 0 Å². The summed E-state index contributed by atoms with van der Waals surface area (Å²) in [6.07, 6.45) is 3.22. The molecule has 0 N–H and O–H groups in total. The molecule has 0 atom stereocenters. The van der Waals surface area contributed by atoms with E-state index in [-0.39, 0.29) is 10.6 Å². The molecule has 2 aromatic carbocycles. The third-order valence-corrected chi connectivity index (χ3v) is 5.27. The SMILES string of the molecule is O=[N+]([O-])c1ccc2nc(N3CC=C(c4ccccc4)CC3)sc2c1. The first kappa shape index (κ1) is 14.8. The smallest absolute Gasteiger partial charge is 0.270 e. The van der Waals surface area contributed by atoms with Gasteiger partial charge < -0.3 is 4.90 Å². The summed E-state index contributed by atoms with van der Waals surface area (Å²) >= 11 is 1.51. The summed E-state index contributed by atoms with van der Waals surface area (Å²) in [5.41, 5.74) is 3.57. The highest BCUT2D eigenvalue weighted by molar-refractivity contribution is 7.22. The van der Waals surface area contributed by atoms with Crippen LogP contribution in [0.2, 0.25) is 0 Å². The summed E-state index contributed by atoms with van der Waals surface area (Å²) in [6.45, 7) is 1.72. The van der Waals surface area contributed by atoms with Crippen LogP contribution in [0.4, 0.5) is 10.8 Å². The lowest BCUT2D eigenvalue weighted by atomic mass is 10.00. The molecular formula is C18H15N3O2S. The molecule has 0 unspecified atom stereocenters. The molecule has 24 heavy (non-hydrogen) atoms. The Morgan fingerprint density at radius 2 is 2.00 bits per heavy atom. The van der Waals surface area contributed by atoms with Gasteiger partial charge in [-0.2, -0.15) is 0 Å². The summed E-state index contributed by atoms with van der Waals surface area (Å²) in [7, 11) is 0. The van der Waals surface area contributed by atoms with Crippen LogP contribution < -0.4 is 4.90 Å². The standard InChI is InChI=1S/C18H15N3O2S/c22-21(23)15-6-7-16-17(12-15)24-18(19-16)20-10-8-14(9-11-20)13-4-2-1-3-5-13/h1-8,12H,9-11H2. The predicted octanol–water partition coefficient (Wildman–Crippen LogP) is 4.50. The van der Waals surface area contributed by atoms with E-state index in [1.807, 2.05) is 6.07 Å². The normalized spacial score (nSPS) is 14.7. The monoisotopic (exact) mass is 337 g/mol. The number of benzene rings is 2. The van der Waals surface area contributed by atoms with Crippen molar-refractivity contribution in [2.24, 2.45) is 0 Å². The van der Waals surface area contributed by atoms with Crippen molar-refractivity contribution in [3.05, 3.63) is 70.3 Å². The maximum absolute atomic E-state index is 10.9. The quantitative estimate of drug-likeness (QED) is 0.521. The number of hydrogen-bond donors (Lipinski definition) is 0. The van der Waals surface area contributed by atoms with Crippen LogP contribution in [0.1, 0.15) is 12.0 Å². The highest BCUT2D eigenvalue weighted by atomic mass is 32.1. The number of nitro benzene ring substituents is 1. The molecule has 0 spiro atoms. The third-order valence-electron chi connectivity index (χ3n) is 4.20. The maximum Gasteiger partial charge on any atom is 0.270 e. The number of non-ortho nitro benzene ring substituents is 1. The van der Waals surface area contributed by atoms with Crippen molar-refractivity contribution in [1.29, 1.82) is 0 Å². The van der Waals surface area contributed by atoms with Gasteiger partial charge in [-0.05, 0) is 23.6 Å². The minimum absolute atomic E-state index is 0.114. The Bertz CT molecular complexity index is 934. The number of nitrogens with zero attached hydrogens (tertiary/aromatic N) is 3. The lowest BCUT2D eigenvalue weighted by Crippen LogP contribution is -2.27. The molecule has 3 aromatic rings. The average molecular weight is 337 g/mol. The Hall–Kier alpha value is -2.73. The van der Waals surface area contributed by atoms with Crippen molar-refractivity contribution >= 4 is 37.9 Å². The zero-order valence-electron chi connectivity index (χ0n) is 12.9. The van der Waals surface area contributed by atoms with E-state index in [1.165, 1.54) is 28.5 Å². The van der Waals surface area contributed by atoms with Gasteiger partial charge in [-0.25, -0.2) is 4.98 Å². The number of hydrogen-bond acceptors (Lipinski definition) is 5. The summed E-state index contributed by atoms with van der Waals surface area (Å²) in [6, 6.07) is 15.3. The molecule has 5 nitrogen and oxygen atoms in total. The first-order valence-corrected chi connectivity index (χ1v) is 8.57. The van der Waals surface area contributed by atoms with Gasteiger partial charge in [0.25, 0.3) is 5.69 Å². The molecule has 6 heteroatoms. The van der Waals surface area contributed by atoms with Crippen LogP contribution in [0, 0.1) is 10.1 Å². The van der Waals surface area contributed by atoms with Crippen molar-refractivity contribution in [2.45, 2.75) is 6.42 Å². The molecule has 0 bridgehead atoms. The number of nitro groups is 1. The van der Waals surface area contributed by atoms with Crippen molar-refractivity contribution in [3.8, 4) is 0 Å². The Morgan fingerprint density at radius 3 is 2.71 bits per heavy atom. The van der Waals surface area contributed by atoms with E-state index in [1.54, 1.807) is 12.1 Å². The second-order valence-corrected chi connectivity index (χ2v) is 6.71. The molecule has 0 amide bonds. The Labute approximate surface area is 143 Å². The van der Waals surface area contributed by atoms with Gasteiger partial charge in [0.2, 0.25) is 0 Å². The first-order chi connectivity index (χ1) is 11.7. The first-order valence-electron chi connectivity index (χ1n) is 7.75. The van der Waals surface area contributed by atoms with Crippen molar-refractivity contribution in [3.63, 3.8) is 0 Å². The predicted molar refractivity (Wildman–Crippen MR) is 97.5 cm³/mol. The molecule has 2 heterocycles. The molecule has 0 saturated carbocycles. The van der Waals surface area contributed by atoms with Crippen LogP contribution in [0.5, 0.6) is 0 Å². The zero-order valence-corrected chi connectivity index (χ0v) is 13.7. The Kier molecular flexibility index (Phi) is 3.74. The second-order valence-electron chi connectivity index (χ2n) is 5.70. The number of thiazole rings is 1. The lowest BCUT2D eigenvalue weighted by Gasteiger charge is -2.26. The van der Waals surface area contributed by atoms with Gasteiger partial charge in [0.05, 0.1) is 15.1 Å². The number of aromatic nitrogens is 1. The number of fused-ring (bicyclic) bond motifs is 1. The van der Waals surface area contributed by atoms with Crippen molar-refractivity contribution in [1.82, 2.24) is 4.98 Å². The molecule has 120 valence electrons. The molecule has 0 radical (unpaired) electrons. The van der Waals surface area contributed by atoms with Crippen LogP contribution in [-0.4, -0.2) is 23.0 Å². The van der Waals surface area contributed by atoms with Gasteiger partial charge in [0.15, 0.2) is 5.13 Å². The van der Waals surface area contributed by atoms with Gasteiger partial charge in [-0.3, -0.25) is 10.1 Å². The summed E-state index contributed by atoms with van der Waals surface area (Å²) in [5, 5.41) is 11.8. The fourth-order valence-corrected chi connectivity index (χ4v) is 3.94. The molecule has 4 rings (SSSR count). The second kappa shape index (κ2) is 6.05. The van der Waals surface area contributed by atoms with Crippen LogP contribution in [0.25, 0.3) is 15.8 Å². The van der Waals surface area contributed by atoms with Gasteiger partial charge >= 0.3 is 0 Å². The Morgan fingerprint density at radius 1 is 1.17 bits per heavy atom. The van der Waals surface area contributed by atoms with Crippen molar-refractivity contribution < 1.29 is 4.92 Å². The van der Waals surface area contributed by atoms with E-state index in [0.29, 0.717) is 0 Å².